The van der Waals surface area contributed by atoms with Crippen molar-refractivity contribution in [2.24, 2.45) is 0 Å². The van der Waals surface area contributed by atoms with E-state index in [1.54, 1.807) is 0 Å². The maximum atomic E-state index is 13.6. The molecule has 0 radical (unpaired) electrons. The van der Waals surface area contributed by atoms with Crippen molar-refractivity contribution < 1.29 is 19.2 Å². The number of nitrogens with zero attached hydrogens (tertiary/aromatic N) is 1. The Morgan fingerprint density at radius 1 is 1.60 bits per heavy atom. The number of anilines is 1. The second-order valence-corrected chi connectivity index (χ2v) is 4.70. The molecular formula is C12H11FN2O4S. The van der Waals surface area contributed by atoms with Crippen LogP contribution in [0.1, 0.15) is 10.4 Å². The molecule has 1 rings (SSSR count). The molecule has 0 aliphatic rings. The van der Waals surface area contributed by atoms with E-state index in [0.29, 0.717) is 24.1 Å². The molecule has 0 amide bonds. The molecule has 106 valence electrons. The van der Waals surface area contributed by atoms with Crippen molar-refractivity contribution in [3.05, 3.63) is 33.6 Å². The minimum absolute atomic E-state index is 0.0886. The number of carboxylic acid groups (broad SMARTS) is 1. The highest BCUT2D eigenvalue weighted by atomic mass is 32.2. The van der Waals surface area contributed by atoms with Gasteiger partial charge in [-0.25, -0.2) is 9.18 Å². The van der Waals surface area contributed by atoms with Crippen LogP contribution in [0.15, 0.2) is 12.1 Å². The molecule has 1 aromatic carbocycles. The van der Waals surface area contributed by atoms with Crippen LogP contribution < -0.4 is 5.32 Å². The molecule has 20 heavy (non-hydrogen) atoms. The van der Waals surface area contributed by atoms with Gasteiger partial charge < -0.3 is 10.4 Å². The molecule has 0 aliphatic carbocycles. The van der Waals surface area contributed by atoms with Crippen molar-refractivity contribution in [1.82, 2.24) is 0 Å². The van der Waals surface area contributed by atoms with E-state index in [9.17, 15) is 19.3 Å². The number of nitro groups is 1. The minimum atomic E-state index is -1.48. The lowest BCUT2D eigenvalue weighted by Gasteiger charge is -2.08. The average Bonchev–Trinajstić information content (AvgIpc) is 2.39. The summed E-state index contributed by atoms with van der Waals surface area (Å²) in [6, 6.07) is 1.52. The molecule has 0 heterocycles. The van der Waals surface area contributed by atoms with E-state index >= 15 is 0 Å². The summed E-state index contributed by atoms with van der Waals surface area (Å²) in [6.07, 6.45) is 5.06. The van der Waals surface area contributed by atoms with E-state index in [0.717, 1.165) is 6.07 Å². The van der Waals surface area contributed by atoms with Gasteiger partial charge in [-0.3, -0.25) is 10.1 Å². The Morgan fingerprint density at radius 3 is 2.85 bits per heavy atom. The number of aromatic carboxylic acids is 1. The number of terminal acetylenes is 1. The Hall–Kier alpha value is -2.27. The van der Waals surface area contributed by atoms with E-state index < -0.39 is 28.0 Å². The SMILES string of the molecule is C#CCSCCNc1cc(C(=O)O)c([N+](=O)[O-])cc1F. The minimum Gasteiger partial charge on any atom is -0.477 e. The van der Waals surface area contributed by atoms with Gasteiger partial charge in [-0.15, -0.1) is 18.2 Å². The van der Waals surface area contributed by atoms with Crippen LogP contribution >= 0.6 is 11.8 Å². The molecule has 6 nitrogen and oxygen atoms in total. The Labute approximate surface area is 118 Å². The number of carbonyl (C=O) groups is 1. The molecule has 0 saturated carbocycles. The Morgan fingerprint density at radius 2 is 2.30 bits per heavy atom. The highest BCUT2D eigenvalue weighted by Crippen LogP contribution is 2.26. The van der Waals surface area contributed by atoms with Gasteiger partial charge in [0.05, 0.1) is 22.4 Å². The first-order valence-electron chi connectivity index (χ1n) is 5.43. The first-order chi connectivity index (χ1) is 9.47. The smallest absolute Gasteiger partial charge is 0.342 e. The summed E-state index contributed by atoms with van der Waals surface area (Å²) in [4.78, 5) is 20.6. The van der Waals surface area contributed by atoms with Gasteiger partial charge >= 0.3 is 5.97 Å². The van der Waals surface area contributed by atoms with Crippen LogP contribution in [0.25, 0.3) is 0 Å². The second-order valence-electron chi connectivity index (χ2n) is 3.59. The summed E-state index contributed by atoms with van der Waals surface area (Å²) in [5.74, 6) is 1.19. The molecule has 8 heteroatoms. The number of nitro benzene ring substituents is 1. The highest BCUT2D eigenvalue weighted by Gasteiger charge is 2.23. The zero-order valence-corrected chi connectivity index (χ0v) is 11.1. The molecule has 0 bridgehead atoms. The molecule has 2 N–H and O–H groups in total. The van der Waals surface area contributed by atoms with Crippen molar-refractivity contribution in [2.45, 2.75) is 0 Å². The number of halogens is 1. The summed E-state index contributed by atoms with van der Waals surface area (Å²) in [6.45, 7) is 0.361. The number of benzene rings is 1. The lowest BCUT2D eigenvalue weighted by Crippen LogP contribution is -2.09. The topological polar surface area (TPSA) is 92.5 Å². The van der Waals surface area contributed by atoms with Crippen molar-refractivity contribution in [1.29, 1.82) is 0 Å². The normalized spacial score (nSPS) is 9.80. The summed E-state index contributed by atoms with van der Waals surface area (Å²) in [5, 5.41) is 22.2. The maximum absolute atomic E-state index is 13.6. The second kappa shape index (κ2) is 7.35. The Kier molecular flexibility index (Phi) is 5.80. The van der Waals surface area contributed by atoms with Crippen LogP contribution in [0.3, 0.4) is 0 Å². The molecule has 0 saturated heterocycles. The third kappa shape index (κ3) is 4.13. The Balaban J connectivity index is 2.87. The molecule has 0 unspecified atom stereocenters. The largest absolute Gasteiger partial charge is 0.477 e. The highest BCUT2D eigenvalue weighted by molar-refractivity contribution is 7.99. The fourth-order valence-corrected chi connectivity index (χ4v) is 1.92. The van der Waals surface area contributed by atoms with Gasteiger partial charge in [-0.2, -0.15) is 0 Å². The van der Waals surface area contributed by atoms with Gasteiger partial charge in [-0.1, -0.05) is 5.92 Å². The molecule has 0 fully saturated rings. The van der Waals surface area contributed by atoms with Gasteiger partial charge in [0.25, 0.3) is 5.69 Å². The Bertz CT molecular complexity index is 571. The number of carboxylic acids is 1. The number of hydrogen-bond acceptors (Lipinski definition) is 5. The van der Waals surface area contributed by atoms with Crippen molar-refractivity contribution in [3.63, 3.8) is 0 Å². The van der Waals surface area contributed by atoms with Gasteiger partial charge in [0, 0.05) is 12.3 Å². The first kappa shape index (κ1) is 15.8. The summed E-state index contributed by atoms with van der Waals surface area (Å²) in [7, 11) is 0. The first-order valence-corrected chi connectivity index (χ1v) is 6.59. The molecule has 0 atom stereocenters. The van der Waals surface area contributed by atoms with Crippen molar-refractivity contribution in [3.8, 4) is 12.3 Å². The van der Waals surface area contributed by atoms with Gasteiger partial charge in [0.1, 0.15) is 5.56 Å². The zero-order valence-electron chi connectivity index (χ0n) is 10.3. The molecule has 0 aliphatic heterocycles. The van der Waals surface area contributed by atoms with E-state index in [1.165, 1.54) is 11.8 Å². The summed E-state index contributed by atoms with van der Waals surface area (Å²) < 4.78 is 13.6. The van der Waals surface area contributed by atoms with Crippen LogP contribution in [0, 0.1) is 28.3 Å². The number of hydrogen-bond donors (Lipinski definition) is 2. The van der Waals surface area contributed by atoms with Crippen LogP contribution in [-0.2, 0) is 0 Å². The van der Waals surface area contributed by atoms with E-state index in [2.05, 4.69) is 11.2 Å². The summed E-state index contributed by atoms with van der Waals surface area (Å²) in [5.41, 5.74) is -1.42. The molecule has 0 spiro atoms. The van der Waals surface area contributed by atoms with Crippen molar-refractivity contribution >= 4 is 29.1 Å². The van der Waals surface area contributed by atoms with Gasteiger partial charge in [0.2, 0.25) is 0 Å². The number of rotatable bonds is 7. The number of thioether (sulfide) groups is 1. The van der Waals surface area contributed by atoms with Crippen LogP contribution in [0.4, 0.5) is 15.8 Å². The third-order valence-electron chi connectivity index (χ3n) is 2.26. The van der Waals surface area contributed by atoms with Gasteiger partial charge in [-0.05, 0) is 6.07 Å². The molecule has 1 aromatic rings. The van der Waals surface area contributed by atoms with Crippen LogP contribution in [-0.4, -0.2) is 34.0 Å². The predicted molar refractivity (Wildman–Crippen MR) is 74.7 cm³/mol. The van der Waals surface area contributed by atoms with Crippen LogP contribution in [0.5, 0.6) is 0 Å². The zero-order chi connectivity index (χ0) is 15.1. The third-order valence-corrected chi connectivity index (χ3v) is 3.12. The molecule has 0 aromatic heterocycles. The van der Waals surface area contributed by atoms with E-state index in [-0.39, 0.29) is 5.69 Å². The van der Waals surface area contributed by atoms with Crippen LogP contribution in [0.2, 0.25) is 0 Å². The number of nitrogens with one attached hydrogen (secondary N) is 1. The fourth-order valence-electron chi connectivity index (χ4n) is 1.41. The maximum Gasteiger partial charge on any atom is 0.342 e. The lowest BCUT2D eigenvalue weighted by molar-refractivity contribution is -0.385. The predicted octanol–water partition coefficient (Wildman–Crippen LogP) is 2.21. The quantitative estimate of drug-likeness (QED) is 0.347. The summed E-state index contributed by atoms with van der Waals surface area (Å²) >= 11 is 1.45. The monoisotopic (exact) mass is 298 g/mol. The average molecular weight is 298 g/mol. The van der Waals surface area contributed by atoms with E-state index in [1.807, 2.05) is 0 Å². The fraction of sp³-hybridized carbons (Fsp3) is 0.250. The van der Waals surface area contributed by atoms with E-state index in [4.69, 9.17) is 11.5 Å². The van der Waals surface area contributed by atoms with Gasteiger partial charge in [0.15, 0.2) is 5.82 Å². The lowest BCUT2D eigenvalue weighted by atomic mass is 10.1. The van der Waals surface area contributed by atoms with Crippen molar-refractivity contribution in [2.75, 3.05) is 23.4 Å². The molecular weight excluding hydrogens is 287 g/mol. The standard InChI is InChI=1S/C12H11FN2O4S/c1-2-4-20-5-3-14-10-6-8(12(16)17)11(15(18)19)7-9(10)13/h1,6-7,14H,3-5H2,(H,16,17).